The summed E-state index contributed by atoms with van der Waals surface area (Å²) in [6, 6.07) is 27.4. The normalized spacial score (nSPS) is 13.9. The van der Waals surface area contributed by atoms with Crippen LogP contribution in [0.5, 0.6) is 5.75 Å². The molecule has 7 nitrogen and oxygen atoms in total. The standard InChI is InChI=1S/C31H36N4O3/c1-36-31-11-4-7-27(22-31)24-34(23-26-6-2-10-30(20-26)35-13-5-12-32-35)29-9-3-8-28(21-29)25-38-19-16-33-14-17-37-18-15-33/h2-13,20-22H,14-19,23-25H2,1H3. The van der Waals surface area contributed by atoms with Crippen LogP contribution < -0.4 is 9.64 Å². The lowest BCUT2D eigenvalue weighted by Gasteiger charge is -2.27. The molecule has 1 aromatic heterocycles. The Morgan fingerprint density at radius 3 is 2.42 bits per heavy atom. The number of hydrogen-bond acceptors (Lipinski definition) is 6. The lowest BCUT2D eigenvalue weighted by molar-refractivity contribution is 0.0180. The van der Waals surface area contributed by atoms with Crippen LogP contribution in [0.3, 0.4) is 0 Å². The molecule has 7 heteroatoms. The summed E-state index contributed by atoms with van der Waals surface area (Å²) in [5.41, 5.74) is 5.79. The summed E-state index contributed by atoms with van der Waals surface area (Å²) in [5, 5.41) is 4.39. The summed E-state index contributed by atoms with van der Waals surface area (Å²) >= 11 is 0. The molecule has 4 aromatic rings. The van der Waals surface area contributed by atoms with E-state index in [-0.39, 0.29) is 0 Å². The molecule has 0 bridgehead atoms. The van der Waals surface area contributed by atoms with Crippen LogP contribution in [0.2, 0.25) is 0 Å². The van der Waals surface area contributed by atoms with Gasteiger partial charge in [-0.1, -0.05) is 36.4 Å². The zero-order chi connectivity index (χ0) is 26.0. The summed E-state index contributed by atoms with van der Waals surface area (Å²) in [6.07, 6.45) is 3.77. The van der Waals surface area contributed by atoms with Crippen molar-refractivity contribution in [2.45, 2.75) is 19.7 Å². The van der Waals surface area contributed by atoms with E-state index in [4.69, 9.17) is 14.2 Å². The molecule has 0 radical (unpaired) electrons. The van der Waals surface area contributed by atoms with E-state index in [2.05, 4.69) is 75.6 Å². The number of rotatable bonds is 12. The van der Waals surface area contributed by atoms with Crippen molar-refractivity contribution >= 4 is 5.69 Å². The second kappa shape index (κ2) is 13.2. The molecule has 1 fully saturated rings. The molecular weight excluding hydrogens is 476 g/mol. The third kappa shape index (κ3) is 7.22. The first-order valence-corrected chi connectivity index (χ1v) is 13.2. The van der Waals surface area contributed by atoms with Gasteiger partial charge in [0.25, 0.3) is 0 Å². The Bertz CT molecular complexity index is 1270. The predicted molar refractivity (Wildman–Crippen MR) is 150 cm³/mol. The molecule has 0 atom stereocenters. The Kier molecular flexibility index (Phi) is 9.05. The van der Waals surface area contributed by atoms with Crippen molar-refractivity contribution in [3.05, 3.63) is 108 Å². The van der Waals surface area contributed by atoms with Gasteiger partial charge in [0.15, 0.2) is 0 Å². The van der Waals surface area contributed by atoms with E-state index in [1.807, 2.05) is 29.1 Å². The number of hydrogen-bond donors (Lipinski definition) is 0. The van der Waals surface area contributed by atoms with Crippen molar-refractivity contribution in [2.24, 2.45) is 0 Å². The first kappa shape index (κ1) is 26.0. The summed E-state index contributed by atoms with van der Waals surface area (Å²) in [5.74, 6) is 0.866. The highest BCUT2D eigenvalue weighted by atomic mass is 16.5. The molecule has 0 unspecified atom stereocenters. The van der Waals surface area contributed by atoms with Gasteiger partial charge >= 0.3 is 0 Å². The molecule has 38 heavy (non-hydrogen) atoms. The Labute approximate surface area is 225 Å². The van der Waals surface area contributed by atoms with Crippen LogP contribution in [0, 0.1) is 0 Å². The van der Waals surface area contributed by atoms with Gasteiger partial charge in [0.2, 0.25) is 0 Å². The number of morpholine rings is 1. The van der Waals surface area contributed by atoms with E-state index >= 15 is 0 Å². The first-order chi connectivity index (χ1) is 18.8. The van der Waals surface area contributed by atoms with Crippen LogP contribution in [0.25, 0.3) is 5.69 Å². The molecule has 0 spiro atoms. The molecule has 1 aliphatic heterocycles. The van der Waals surface area contributed by atoms with Gasteiger partial charge in [0.1, 0.15) is 5.75 Å². The largest absolute Gasteiger partial charge is 0.497 e. The fourth-order valence-corrected chi connectivity index (χ4v) is 4.72. The molecular formula is C31H36N4O3. The Morgan fingerprint density at radius 1 is 0.868 bits per heavy atom. The lowest BCUT2D eigenvalue weighted by atomic mass is 10.1. The Morgan fingerprint density at radius 2 is 1.63 bits per heavy atom. The topological polar surface area (TPSA) is 52.0 Å². The average Bonchev–Trinajstić information content (AvgIpc) is 3.51. The van der Waals surface area contributed by atoms with E-state index in [0.29, 0.717) is 6.61 Å². The first-order valence-electron chi connectivity index (χ1n) is 13.2. The van der Waals surface area contributed by atoms with Crippen molar-refractivity contribution in [1.29, 1.82) is 0 Å². The maximum absolute atomic E-state index is 6.05. The van der Waals surface area contributed by atoms with E-state index in [1.165, 1.54) is 16.7 Å². The van der Waals surface area contributed by atoms with Crippen LogP contribution in [0.4, 0.5) is 5.69 Å². The Balaban J connectivity index is 1.31. The zero-order valence-corrected chi connectivity index (χ0v) is 22.0. The zero-order valence-electron chi connectivity index (χ0n) is 22.0. The molecule has 1 saturated heterocycles. The highest BCUT2D eigenvalue weighted by Crippen LogP contribution is 2.24. The van der Waals surface area contributed by atoms with Gasteiger partial charge in [0.05, 0.1) is 39.2 Å². The fraction of sp³-hybridized carbons (Fsp3) is 0.323. The monoisotopic (exact) mass is 512 g/mol. The van der Waals surface area contributed by atoms with Crippen molar-refractivity contribution in [3.8, 4) is 11.4 Å². The lowest BCUT2D eigenvalue weighted by Crippen LogP contribution is -2.38. The highest BCUT2D eigenvalue weighted by molar-refractivity contribution is 5.50. The van der Waals surface area contributed by atoms with Gasteiger partial charge in [0, 0.05) is 50.8 Å². The number of methoxy groups -OCH3 is 1. The van der Waals surface area contributed by atoms with E-state index in [0.717, 1.165) is 69.7 Å². The maximum atomic E-state index is 6.05. The SMILES string of the molecule is COc1cccc(CN(Cc2cccc(-n3cccn3)c2)c2cccc(COCCN3CCOCC3)c2)c1. The summed E-state index contributed by atoms with van der Waals surface area (Å²) in [6.45, 7) is 7.37. The van der Waals surface area contributed by atoms with Crippen molar-refractivity contribution in [1.82, 2.24) is 14.7 Å². The molecule has 2 heterocycles. The van der Waals surface area contributed by atoms with E-state index in [1.54, 1.807) is 13.3 Å². The highest BCUT2D eigenvalue weighted by Gasteiger charge is 2.12. The second-order valence-electron chi connectivity index (χ2n) is 9.50. The van der Waals surface area contributed by atoms with Crippen LogP contribution >= 0.6 is 0 Å². The van der Waals surface area contributed by atoms with Crippen LogP contribution in [-0.2, 0) is 29.2 Å². The maximum Gasteiger partial charge on any atom is 0.119 e. The van der Waals surface area contributed by atoms with Crippen LogP contribution in [0.1, 0.15) is 16.7 Å². The van der Waals surface area contributed by atoms with Gasteiger partial charge in [-0.2, -0.15) is 5.10 Å². The van der Waals surface area contributed by atoms with Gasteiger partial charge in [-0.3, -0.25) is 4.90 Å². The van der Waals surface area contributed by atoms with Crippen LogP contribution in [-0.4, -0.2) is 61.2 Å². The van der Waals surface area contributed by atoms with Gasteiger partial charge in [-0.05, 0) is 59.2 Å². The van der Waals surface area contributed by atoms with E-state index < -0.39 is 0 Å². The number of aromatic nitrogens is 2. The minimum Gasteiger partial charge on any atom is -0.497 e. The number of ether oxygens (including phenoxy) is 3. The molecule has 1 aliphatic rings. The molecule has 5 rings (SSSR count). The van der Waals surface area contributed by atoms with Crippen molar-refractivity contribution in [3.63, 3.8) is 0 Å². The van der Waals surface area contributed by atoms with Crippen molar-refractivity contribution < 1.29 is 14.2 Å². The van der Waals surface area contributed by atoms with E-state index in [9.17, 15) is 0 Å². The second-order valence-corrected chi connectivity index (χ2v) is 9.50. The van der Waals surface area contributed by atoms with Crippen LogP contribution in [0.15, 0.2) is 91.3 Å². The molecule has 0 aliphatic carbocycles. The number of benzene rings is 3. The van der Waals surface area contributed by atoms with Gasteiger partial charge in [-0.25, -0.2) is 4.68 Å². The molecule has 0 N–H and O–H groups in total. The summed E-state index contributed by atoms with van der Waals surface area (Å²) in [4.78, 5) is 4.79. The fourth-order valence-electron chi connectivity index (χ4n) is 4.72. The minimum absolute atomic E-state index is 0.597. The minimum atomic E-state index is 0.597. The number of anilines is 1. The van der Waals surface area contributed by atoms with Gasteiger partial charge in [-0.15, -0.1) is 0 Å². The smallest absolute Gasteiger partial charge is 0.119 e. The molecule has 0 amide bonds. The van der Waals surface area contributed by atoms with Gasteiger partial charge < -0.3 is 19.1 Å². The third-order valence-corrected chi connectivity index (χ3v) is 6.76. The number of nitrogens with zero attached hydrogens (tertiary/aromatic N) is 4. The predicted octanol–water partition coefficient (Wildman–Crippen LogP) is 4.94. The average molecular weight is 513 g/mol. The molecule has 198 valence electrons. The molecule has 3 aromatic carbocycles. The summed E-state index contributed by atoms with van der Waals surface area (Å²) < 4.78 is 18.9. The van der Waals surface area contributed by atoms with Crippen molar-refractivity contribution in [2.75, 3.05) is 51.5 Å². The summed E-state index contributed by atoms with van der Waals surface area (Å²) in [7, 11) is 1.71. The Hall–Kier alpha value is -3.65. The molecule has 0 saturated carbocycles. The third-order valence-electron chi connectivity index (χ3n) is 6.76. The quantitative estimate of drug-likeness (QED) is 0.251.